The molecule has 0 heterocycles. The van der Waals surface area contributed by atoms with E-state index in [-0.39, 0.29) is 5.78 Å². The third-order valence-electron chi connectivity index (χ3n) is 2.47. The van der Waals surface area contributed by atoms with Crippen molar-refractivity contribution < 1.29 is 4.79 Å². The highest BCUT2D eigenvalue weighted by Gasteiger charge is 2.09. The van der Waals surface area contributed by atoms with Crippen molar-refractivity contribution in [3.63, 3.8) is 0 Å². The highest BCUT2D eigenvalue weighted by molar-refractivity contribution is 6.36. The predicted octanol–water partition coefficient (Wildman–Crippen LogP) is 3.96. The number of hydrogen-bond acceptors (Lipinski definition) is 2. The summed E-state index contributed by atoms with van der Waals surface area (Å²) in [6.45, 7) is 3.34. The molecule has 0 amide bonds. The Kier molecular flexibility index (Phi) is 6.56. The molecule has 4 heteroatoms. The van der Waals surface area contributed by atoms with Gasteiger partial charge in [-0.2, -0.15) is 0 Å². The number of unbranched alkanes of at least 4 members (excludes halogenated alkanes) is 2. The molecule has 0 aliphatic carbocycles. The van der Waals surface area contributed by atoms with Gasteiger partial charge in [-0.1, -0.05) is 43.0 Å². The average molecular weight is 274 g/mol. The second-order valence-electron chi connectivity index (χ2n) is 3.93. The second kappa shape index (κ2) is 7.70. The molecule has 0 aliphatic heterocycles. The third-order valence-corrected chi connectivity index (χ3v) is 3.02. The van der Waals surface area contributed by atoms with Gasteiger partial charge in [-0.15, -0.1) is 0 Å². The van der Waals surface area contributed by atoms with E-state index in [1.165, 1.54) is 12.8 Å². The Morgan fingerprint density at radius 2 is 2.06 bits per heavy atom. The minimum atomic E-state index is 0.00293. The van der Waals surface area contributed by atoms with E-state index in [0.29, 0.717) is 22.2 Å². The van der Waals surface area contributed by atoms with Gasteiger partial charge in [0, 0.05) is 10.6 Å². The molecule has 94 valence electrons. The van der Waals surface area contributed by atoms with Crippen LogP contribution in [0, 0.1) is 0 Å². The number of carbonyl (C=O) groups is 1. The summed E-state index contributed by atoms with van der Waals surface area (Å²) in [5.74, 6) is 0.00293. The standard InChI is InChI=1S/C13H17Cl2NO/c1-2-3-4-7-16-9-13(17)11-6-5-10(14)8-12(11)15/h5-6,8,16H,2-4,7,9H2,1H3. The Labute approximate surface area is 112 Å². The molecule has 1 N–H and O–H groups in total. The molecule has 1 rings (SSSR count). The van der Waals surface area contributed by atoms with Gasteiger partial charge in [0.25, 0.3) is 0 Å². The van der Waals surface area contributed by atoms with Crippen molar-refractivity contribution in [2.75, 3.05) is 13.1 Å². The summed E-state index contributed by atoms with van der Waals surface area (Å²) in [4.78, 5) is 11.8. The van der Waals surface area contributed by atoms with Crippen molar-refractivity contribution >= 4 is 29.0 Å². The first-order chi connectivity index (χ1) is 8.15. The van der Waals surface area contributed by atoms with Crippen molar-refractivity contribution in [3.05, 3.63) is 33.8 Å². The average Bonchev–Trinajstić information content (AvgIpc) is 2.28. The lowest BCUT2D eigenvalue weighted by Crippen LogP contribution is -2.24. The van der Waals surface area contributed by atoms with Crippen LogP contribution in [0.5, 0.6) is 0 Å². The number of halogens is 2. The Morgan fingerprint density at radius 1 is 1.29 bits per heavy atom. The molecule has 0 spiro atoms. The zero-order valence-electron chi connectivity index (χ0n) is 9.93. The van der Waals surface area contributed by atoms with E-state index < -0.39 is 0 Å². The maximum atomic E-state index is 11.8. The second-order valence-corrected chi connectivity index (χ2v) is 4.77. The maximum absolute atomic E-state index is 11.8. The number of ketones is 1. The summed E-state index contributed by atoms with van der Waals surface area (Å²) < 4.78 is 0. The fourth-order valence-electron chi connectivity index (χ4n) is 1.51. The van der Waals surface area contributed by atoms with E-state index in [4.69, 9.17) is 23.2 Å². The monoisotopic (exact) mass is 273 g/mol. The number of hydrogen-bond donors (Lipinski definition) is 1. The normalized spacial score (nSPS) is 10.5. The van der Waals surface area contributed by atoms with Gasteiger partial charge in [-0.3, -0.25) is 4.79 Å². The molecule has 17 heavy (non-hydrogen) atoms. The predicted molar refractivity (Wildman–Crippen MR) is 73.2 cm³/mol. The highest BCUT2D eigenvalue weighted by Crippen LogP contribution is 2.21. The van der Waals surface area contributed by atoms with Gasteiger partial charge in [0.1, 0.15) is 0 Å². The van der Waals surface area contributed by atoms with Crippen molar-refractivity contribution in [3.8, 4) is 0 Å². The topological polar surface area (TPSA) is 29.1 Å². The summed E-state index contributed by atoms with van der Waals surface area (Å²) in [6, 6.07) is 4.94. The highest BCUT2D eigenvalue weighted by atomic mass is 35.5. The van der Waals surface area contributed by atoms with Crippen molar-refractivity contribution in [1.82, 2.24) is 5.32 Å². The Hall–Kier alpha value is -0.570. The number of benzene rings is 1. The molecule has 0 fully saturated rings. The van der Waals surface area contributed by atoms with Crippen LogP contribution in [0.4, 0.5) is 0 Å². The first-order valence-electron chi connectivity index (χ1n) is 5.84. The number of Topliss-reactive ketones (excluding diaryl/α,β-unsaturated/α-hetero) is 1. The number of nitrogens with one attached hydrogen (secondary N) is 1. The Morgan fingerprint density at radius 3 is 2.71 bits per heavy atom. The largest absolute Gasteiger partial charge is 0.310 e. The van der Waals surface area contributed by atoms with E-state index >= 15 is 0 Å². The Balaban J connectivity index is 2.42. The molecule has 0 unspecified atom stereocenters. The van der Waals surface area contributed by atoms with E-state index in [1.807, 2.05) is 0 Å². The van der Waals surface area contributed by atoms with Gasteiger partial charge in [-0.25, -0.2) is 0 Å². The van der Waals surface area contributed by atoms with Crippen LogP contribution in [0.15, 0.2) is 18.2 Å². The minimum Gasteiger partial charge on any atom is -0.310 e. The lowest BCUT2D eigenvalue weighted by molar-refractivity contribution is 0.0991. The van der Waals surface area contributed by atoms with Crippen molar-refractivity contribution in [2.45, 2.75) is 26.2 Å². The van der Waals surface area contributed by atoms with Gasteiger partial charge in [0.2, 0.25) is 0 Å². The van der Waals surface area contributed by atoms with E-state index in [2.05, 4.69) is 12.2 Å². The number of rotatable bonds is 7. The zero-order chi connectivity index (χ0) is 12.7. The van der Waals surface area contributed by atoms with Gasteiger partial charge in [0.05, 0.1) is 11.6 Å². The van der Waals surface area contributed by atoms with Crippen molar-refractivity contribution in [2.24, 2.45) is 0 Å². The molecule has 0 bridgehead atoms. The fraction of sp³-hybridized carbons (Fsp3) is 0.462. The number of carbonyl (C=O) groups excluding carboxylic acids is 1. The van der Waals surface area contributed by atoms with Gasteiger partial charge >= 0.3 is 0 Å². The first-order valence-corrected chi connectivity index (χ1v) is 6.59. The Bertz CT molecular complexity index is 380. The first kappa shape index (κ1) is 14.5. The van der Waals surface area contributed by atoms with Crippen LogP contribution >= 0.6 is 23.2 Å². The van der Waals surface area contributed by atoms with E-state index in [1.54, 1.807) is 18.2 Å². The molecular formula is C13H17Cl2NO. The molecule has 0 saturated heterocycles. The molecule has 0 radical (unpaired) electrons. The lowest BCUT2D eigenvalue weighted by Gasteiger charge is -2.05. The molecule has 1 aromatic carbocycles. The summed E-state index contributed by atoms with van der Waals surface area (Å²) in [5.41, 5.74) is 0.527. The molecule has 0 atom stereocenters. The van der Waals surface area contributed by atoms with Crippen molar-refractivity contribution in [1.29, 1.82) is 0 Å². The SMILES string of the molecule is CCCCCNCC(=O)c1ccc(Cl)cc1Cl. The molecular weight excluding hydrogens is 257 g/mol. The quantitative estimate of drug-likeness (QED) is 0.602. The zero-order valence-corrected chi connectivity index (χ0v) is 11.4. The molecule has 0 saturated carbocycles. The van der Waals surface area contributed by atoms with Crippen LogP contribution in [0.1, 0.15) is 36.5 Å². The molecule has 0 aromatic heterocycles. The summed E-state index contributed by atoms with van der Waals surface area (Å²) >= 11 is 11.7. The third kappa shape index (κ3) is 5.07. The molecule has 0 aliphatic rings. The van der Waals surface area contributed by atoms with Crippen LogP contribution in [0.25, 0.3) is 0 Å². The van der Waals surface area contributed by atoms with Crippen LogP contribution in [-0.2, 0) is 0 Å². The van der Waals surface area contributed by atoms with Gasteiger partial charge in [-0.05, 0) is 31.2 Å². The van der Waals surface area contributed by atoms with E-state index in [0.717, 1.165) is 13.0 Å². The van der Waals surface area contributed by atoms with Crippen LogP contribution < -0.4 is 5.32 Å². The van der Waals surface area contributed by atoms with Crippen LogP contribution in [0.3, 0.4) is 0 Å². The van der Waals surface area contributed by atoms with Gasteiger partial charge < -0.3 is 5.32 Å². The molecule has 2 nitrogen and oxygen atoms in total. The maximum Gasteiger partial charge on any atom is 0.178 e. The van der Waals surface area contributed by atoms with E-state index in [9.17, 15) is 4.79 Å². The summed E-state index contributed by atoms with van der Waals surface area (Å²) in [7, 11) is 0. The van der Waals surface area contributed by atoms with Crippen LogP contribution in [0.2, 0.25) is 10.0 Å². The smallest absolute Gasteiger partial charge is 0.178 e. The fourth-order valence-corrected chi connectivity index (χ4v) is 2.03. The lowest BCUT2D eigenvalue weighted by atomic mass is 10.1. The summed E-state index contributed by atoms with van der Waals surface area (Å²) in [6.07, 6.45) is 3.46. The molecule has 1 aromatic rings. The van der Waals surface area contributed by atoms with Gasteiger partial charge in [0.15, 0.2) is 5.78 Å². The minimum absolute atomic E-state index is 0.00293. The summed E-state index contributed by atoms with van der Waals surface area (Å²) in [5, 5.41) is 4.08. The van der Waals surface area contributed by atoms with Crippen LogP contribution in [-0.4, -0.2) is 18.9 Å².